The number of carbonyl (C=O) groups is 2. The van der Waals surface area contributed by atoms with E-state index in [0.29, 0.717) is 32.7 Å². The van der Waals surface area contributed by atoms with E-state index >= 15 is 0 Å². The number of hydrogen-bond donors (Lipinski definition) is 0. The van der Waals surface area contributed by atoms with E-state index in [1.54, 1.807) is 4.90 Å². The average molecular weight is 273 g/mol. The topological polar surface area (TPSA) is 43.9 Å². The summed E-state index contributed by atoms with van der Waals surface area (Å²) in [5, 5.41) is 0. The van der Waals surface area contributed by atoms with Crippen molar-refractivity contribution in [3.63, 3.8) is 0 Å². The monoisotopic (exact) mass is 273 g/mol. The number of rotatable bonds is 1. The van der Waals surface area contributed by atoms with Crippen molar-refractivity contribution in [2.45, 2.75) is 13.0 Å². The van der Waals surface area contributed by atoms with Crippen molar-refractivity contribution < 1.29 is 9.59 Å². The van der Waals surface area contributed by atoms with E-state index < -0.39 is 0 Å². The fourth-order valence-corrected chi connectivity index (χ4v) is 2.88. The minimum absolute atomic E-state index is 0.102. The lowest BCUT2D eigenvalue weighted by atomic mass is 10.0. The number of benzene rings is 1. The van der Waals surface area contributed by atoms with Gasteiger partial charge in [0.2, 0.25) is 6.41 Å². The van der Waals surface area contributed by atoms with Gasteiger partial charge in [-0.2, -0.15) is 0 Å². The van der Waals surface area contributed by atoms with Gasteiger partial charge in [-0.15, -0.1) is 0 Å². The van der Waals surface area contributed by atoms with Gasteiger partial charge in [-0.05, 0) is 17.5 Å². The predicted octanol–water partition coefficient (Wildman–Crippen LogP) is 0.939. The first-order chi connectivity index (χ1) is 9.78. The Labute approximate surface area is 118 Å². The molecular formula is C15H19N3O2. The van der Waals surface area contributed by atoms with E-state index in [9.17, 15) is 9.59 Å². The third kappa shape index (κ3) is 2.48. The highest BCUT2D eigenvalue weighted by Gasteiger charge is 2.27. The molecule has 1 saturated heterocycles. The molecule has 3 amide bonds. The zero-order valence-corrected chi connectivity index (χ0v) is 11.5. The van der Waals surface area contributed by atoms with Gasteiger partial charge < -0.3 is 14.7 Å². The molecule has 106 valence electrons. The maximum Gasteiger partial charge on any atom is 0.320 e. The molecule has 1 fully saturated rings. The van der Waals surface area contributed by atoms with Crippen LogP contribution in [0.25, 0.3) is 0 Å². The van der Waals surface area contributed by atoms with Gasteiger partial charge in [-0.25, -0.2) is 4.79 Å². The van der Waals surface area contributed by atoms with Crippen LogP contribution in [0.15, 0.2) is 24.3 Å². The highest BCUT2D eigenvalue weighted by Crippen LogP contribution is 2.19. The largest absolute Gasteiger partial charge is 0.342 e. The molecule has 1 aromatic carbocycles. The Bertz CT molecular complexity index is 510. The lowest BCUT2D eigenvalue weighted by Crippen LogP contribution is -2.53. The summed E-state index contributed by atoms with van der Waals surface area (Å²) in [5.74, 6) is 0. The van der Waals surface area contributed by atoms with Crippen LogP contribution in [0.2, 0.25) is 0 Å². The Morgan fingerprint density at radius 1 is 0.950 bits per heavy atom. The molecule has 5 heteroatoms. The van der Waals surface area contributed by atoms with Crippen LogP contribution >= 0.6 is 0 Å². The average Bonchev–Trinajstić information content (AvgIpc) is 2.54. The van der Waals surface area contributed by atoms with Crippen LogP contribution in [0.4, 0.5) is 4.79 Å². The smallest absolute Gasteiger partial charge is 0.320 e. The van der Waals surface area contributed by atoms with Crippen molar-refractivity contribution in [2.75, 3.05) is 32.7 Å². The highest BCUT2D eigenvalue weighted by molar-refractivity contribution is 5.75. The third-order valence-corrected chi connectivity index (χ3v) is 4.14. The molecule has 2 aliphatic rings. The minimum atomic E-state index is 0.102. The zero-order valence-electron chi connectivity index (χ0n) is 11.5. The SMILES string of the molecule is O=CN1CCN(C(=O)N2CCc3ccccc3C2)CC1. The fraction of sp³-hybridized carbons (Fsp3) is 0.467. The van der Waals surface area contributed by atoms with E-state index in [2.05, 4.69) is 18.2 Å². The number of piperazine rings is 1. The molecule has 0 unspecified atom stereocenters. The Hall–Kier alpha value is -2.04. The number of amides is 3. The maximum absolute atomic E-state index is 12.5. The summed E-state index contributed by atoms with van der Waals surface area (Å²) in [5.41, 5.74) is 2.60. The summed E-state index contributed by atoms with van der Waals surface area (Å²) in [7, 11) is 0. The Balaban J connectivity index is 1.63. The van der Waals surface area contributed by atoms with Gasteiger partial charge in [0, 0.05) is 39.3 Å². The maximum atomic E-state index is 12.5. The van der Waals surface area contributed by atoms with Gasteiger partial charge in [0.1, 0.15) is 0 Å². The van der Waals surface area contributed by atoms with Crippen LogP contribution < -0.4 is 0 Å². The van der Waals surface area contributed by atoms with E-state index in [1.165, 1.54) is 11.1 Å². The minimum Gasteiger partial charge on any atom is -0.342 e. The van der Waals surface area contributed by atoms with Gasteiger partial charge in [0.25, 0.3) is 0 Å². The molecule has 0 spiro atoms. The van der Waals surface area contributed by atoms with Crippen molar-refractivity contribution in [2.24, 2.45) is 0 Å². The first kappa shape index (κ1) is 13.0. The molecule has 0 aromatic heterocycles. The van der Waals surface area contributed by atoms with Crippen LogP contribution in [0, 0.1) is 0 Å². The van der Waals surface area contributed by atoms with Gasteiger partial charge >= 0.3 is 6.03 Å². The normalized spacial score (nSPS) is 18.7. The molecule has 20 heavy (non-hydrogen) atoms. The molecule has 1 aromatic rings. The Morgan fingerprint density at radius 2 is 1.65 bits per heavy atom. The number of hydrogen-bond acceptors (Lipinski definition) is 2. The molecule has 2 heterocycles. The molecule has 0 N–H and O–H groups in total. The van der Waals surface area contributed by atoms with Gasteiger partial charge in [0.05, 0.1) is 0 Å². The Morgan fingerprint density at radius 3 is 2.35 bits per heavy atom. The molecule has 0 bridgehead atoms. The van der Waals surface area contributed by atoms with Crippen molar-refractivity contribution in [1.82, 2.24) is 14.7 Å². The second-order valence-corrected chi connectivity index (χ2v) is 5.35. The summed E-state index contributed by atoms with van der Waals surface area (Å²) in [6, 6.07) is 8.41. The van der Waals surface area contributed by atoms with Gasteiger partial charge in [-0.1, -0.05) is 24.3 Å². The standard InChI is InChI=1S/C15H19N3O2/c19-12-16-7-9-17(10-8-16)15(20)18-6-5-13-3-1-2-4-14(13)11-18/h1-4,12H,5-11H2. The highest BCUT2D eigenvalue weighted by atomic mass is 16.2. The van der Waals surface area contributed by atoms with Gasteiger partial charge in [0.15, 0.2) is 0 Å². The van der Waals surface area contributed by atoms with E-state index in [4.69, 9.17) is 0 Å². The number of fused-ring (bicyclic) bond motifs is 1. The summed E-state index contributed by atoms with van der Waals surface area (Å²) in [6.07, 6.45) is 1.79. The molecule has 5 nitrogen and oxygen atoms in total. The second-order valence-electron chi connectivity index (χ2n) is 5.35. The van der Waals surface area contributed by atoms with Crippen LogP contribution in [0.1, 0.15) is 11.1 Å². The summed E-state index contributed by atoms with van der Waals surface area (Å²) < 4.78 is 0. The quantitative estimate of drug-likeness (QED) is 0.715. The van der Waals surface area contributed by atoms with E-state index in [-0.39, 0.29) is 6.03 Å². The summed E-state index contributed by atoms with van der Waals surface area (Å²) in [6.45, 7) is 4.03. The zero-order chi connectivity index (χ0) is 13.9. The number of nitrogens with zero attached hydrogens (tertiary/aromatic N) is 3. The van der Waals surface area contributed by atoms with Crippen molar-refractivity contribution in [3.8, 4) is 0 Å². The Kier molecular flexibility index (Phi) is 3.58. The number of urea groups is 1. The van der Waals surface area contributed by atoms with Crippen LogP contribution in [-0.2, 0) is 17.8 Å². The van der Waals surface area contributed by atoms with Gasteiger partial charge in [-0.3, -0.25) is 4.79 Å². The third-order valence-electron chi connectivity index (χ3n) is 4.14. The fourth-order valence-electron chi connectivity index (χ4n) is 2.88. The van der Waals surface area contributed by atoms with Crippen molar-refractivity contribution in [3.05, 3.63) is 35.4 Å². The molecular weight excluding hydrogens is 254 g/mol. The predicted molar refractivity (Wildman–Crippen MR) is 75.2 cm³/mol. The molecule has 0 aliphatic carbocycles. The molecule has 0 saturated carbocycles. The van der Waals surface area contributed by atoms with Crippen LogP contribution in [0.3, 0.4) is 0 Å². The second kappa shape index (κ2) is 5.53. The molecule has 3 rings (SSSR count). The molecule has 0 radical (unpaired) electrons. The summed E-state index contributed by atoms with van der Waals surface area (Å²) >= 11 is 0. The van der Waals surface area contributed by atoms with E-state index in [1.807, 2.05) is 15.9 Å². The van der Waals surface area contributed by atoms with Crippen LogP contribution in [0.5, 0.6) is 0 Å². The van der Waals surface area contributed by atoms with Crippen LogP contribution in [-0.4, -0.2) is 59.9 Å². The lowest BCUT2D eigenvalue weighted by Gasteiger charge is -2.37. The lowest BCUT2D eigenvalue weighted by molar-refractivity contribution is -0.119. The summed E-state index contributed by atoms with van der Waals surface area (Å²) in [4.78, 5) is 28.7. The van der Waals surface area contributed by atoms with E-state index in [0.717, 1.165) is 19.4 Å². The van der Waals surface area contributed by atoms with Crippen molar-refractivity contribution in [1.29, 1.82) is 0 Å². The molecule has 2 aliphatic heterocycles. The first-order valence-electron chi connectivity index (χ1n) is 7.08. The first-order valence-corrected chi connectivity index (χ1v) is 7.08. The van der Waals surface area contributed by atoms with Crippen molar-refractivity contribution >= 4 is 12.4 Å². The number of carbonyl (C=O) groups excluding carboxylic acids is 2. The molecule has 0 atom stereocenters.